The van der Waals surface area contributed by atoms with Gasteiger partial charge in [0, 0.05) is 34.9 Å². The Kier molecular flexibility index (Phi) is 4.42. The lowest BCUT2D eigenvalue weighted by Gasteiger charge is -2.09. The second-order valence-corrected chi connectivity index (χ2v) is 5.72. The fourth-order valence-electron chi connectivity index (χ4n) is 2.26. The van der Waals surface area contributed by atoms with Crippen molar-refractivity contribution >= 4 is 11.6 Å². The van der Waals surface area contributed by atoms with Crippen LogP contribution in [0.2, 0.25) is 5.02 Å². The summed E-state index contributed by atoms with van der Waals surface area (Å²) in [5, 5.41) is 4.24. The van der Waals surface area contributed by atoms with Crippen molar-refractivity contribution in [2.24, 2.45) is 0 Å². The lowest BCUT2D eigenvalue weighted by molar-refractivity contribution is 0.339. The summed E-state index contributed by atoms with van der Waals surface area (Å²) in [6.07, 6.45) is 6.12. The Morgan fingerprint density at radius 2 is 2.14 bits per heavy atom. The number of ether oxygens (including phenoxy) is 1. The molecular weight excluding hydrogens is 284 g/mol. The van der Waals surface area contributed by atoms with E-state index in [2.05, 4.69) is 22.4 Å². The number of nitrogens with one attached hydrogen (secondary N) is 1. The Balaban J connectivity index is 1.79. The van der Waals surface area contributed by atoms with Crippen LogP contribution in [0.3, 0.4) is 0 Å². The van der Waals surface area contributed by atoms with E-state index in [0.29, 0.717) is 12.6 Å². The highest BCUT2D eigenvalue weighted by molar-refractivity contribution is 6.33. The summed E-state index contributed by atoms with van der Waals surface area (Å²) in [6, 6.07) is 8.87. The van der Waals surface area contributed by atoms with Crippen LogP contribution in [0.25, 0.3) is 11.1 Å². The van der Waals surface area contributed by atoms with Gasteiger partial charge in [0.25, 0.3) is 0 Å². The molecule has 1 N–H and O–H groups in total. The van der Waals surface area contributed by atoms with Crippen LogP contribution in [0.4, 0.5) is 0 Å². The first-order valence-corrected chi connectivity index (χ1v) is 7.74. The van der Waals surface area contributed by atoms with Crippen LogP contribution in [0.5, 0.6) is 5.75 Å². The van der Waals surface area contributed by atoms with E-state index in [0.717, 1.165) is 28.4 Å². The van der Waals surface area contributed by atoms with Gasteiger partial charge in [0.15, 0.2) is 0 Å². The summed E-state index contributed by atoms with van der Waals surface area (Å²) in [5.74, 6) is 0.769. The van der Waals surface area contributed by atoms with Crippen LogP contribution < -0.4 is 10.1 Å². The molecule has 21 heavy (non-hydrogen) atoms. The molecule has 4 heteroatoms. The van der Waals surface area contributed by atoms with Crippen molar-refractivity contribution in [2.45, 2.75) is 32.4 Å². The third kappa shape index (κ3) is 3.74. The molecular formula is C17H19ClN2O. The molecule has 0 atom stereocenters. The first-order chi connectivity index (χ1) is 10.3. The first-order valence-electron chi connectivity index (χ1n) is 7.36. The predicted molar refractivity (Wildman–Crippen MR) is 85.7 cm³/mol. The minimum absolute atomic E-state index is 0.630. The molecule has 1 aromatic heterocycles. The Morgan fingerprint density at radius 1 is 1.29 bits per heavy atom. The number of benzene rings is 1. The molecule has 0 bridgehead atoms. The van der Waals surface area contributed by atoms with Gasteiger partial charge in [-0.2, -0.15) is 0 Å². The van der Waals surface area contributed by atoms with Crippen molar-refractivity contribution in [3.05, 3.63) is 47.2 Å². The Hall–Kier alpha value is -1.58. The molecule has 1 aliphatic rings. The van der Waals surface area contributed by atoms with Crippen LogP contribution in [-0.2, 0) is 6.54 Å². The summed E-state index contributed by atoms with van der Waals surface area (Å²) in [4.78, 5) is 4.21. The molecule has 1 aromatic carbocycles. The highest BCUT2D eigenvalue weighted by atomic mass is 35.5. The highest BCUT2D eigenvalue weighted by Crippen LogP contribution is 2.30. The summed E-state index contributed by atoms with van der Waals surface area (Å²) in [6.45, 7) is 3.47. The second-order valence-electron chi connectivity index (χ2n) is 5.31. The largest absolute Gasteiger partial charge is 0.492 e. The van der Waals surface area contributed by atoms with Crippen molar-refractivity contribution in [3.8, 4) is 16.9 Å². The van der Waals surface area contributed by atoms with Crippen LogP contribution in [0, 0.1) is 0 Å². The Bertz CT molecular complexity index is 626. The zero-order valence-electron chi connectivity index (χ0n) is 12.1. The second kappa shape index (κ2) is 6.46. The lowest BCUT2D eigenvalue weighted by atomic mass is 10.1. The van der Waals surface area contributed by atoms with Crippen molar-refractivity contribution in [3.63, 3.8) is 0 Å². The van der Waals surface area contributed by atoms with Crippen molar-refractivity contribution < 1.29 is 4.74 Å². The predicted octanol–water partition coefficient (Wildman–Crippen LogP) is 4.05. The number of pyridine rings is 1. The van der Waals surface area contributed by atoms with Gasteiger partial charge in [-0.1, -0.05) is 23.7 Å². The van der Waals surface area contributed by atoms with E-state index >= 15 is 0 Å². The summed E-state index contributed by atoms with van der Waals surface area (Å²) in [5.41, 5.74) is 3.18. The van der Waals surface area contributed by atoms with Crippen molar-refractivity contribution in [2.75, 3.05) is 6.61 Å². The first kappa shape index (κ1) is 14.4. The summed E-state index contributed by atoms with van der Waals surface area (Å²) >= 11 is 6.43. The molecule has 0 radical (unpaired) electrons. The zero-order chi connectivity index (χ0) is 14.7. The van der Waals surface area contributed by atoms with Gasteiger partial charge in [0.2, 0.25) is 0 Å². The topological polar surface area (TPSA) is 34.1 Å². The van der Waals surface area contributed by atoms with E-state index in [1.807, 2.05) is 25.3 Å². The van der Waals surface area contributed by atoms with Gasteiger partial charge in [0.05, 0.1) is 12.8 Å². The Morgan fingerprint density at radius 3 is 2.86 bits per heavy atom. The fourth-order valence-corrected chi connectivity index (χ4v) is 2.58. The van der Waals surface area contributed by atoms with Gasteiger partial charge in [0.1, 0.15) is 5.75 Å². The van der Waals surface area contributed by atoms with Crippen molar-refractivity contribution in [1.82, 2.24) is 10.3 Å². The van der Waals surface area contributed by atoms with E-state index in [1.54, 1.807) is 6.20 Å². The summed E-state index contributed by atoms with van der Waals surface area (Å²) in [7, 11) is 0. The molecule has 1 heterocycles. The van der Waals surface area contributed by atoms with Crippen LogP contribution >= 0.6 is 11.6 Å². The molecule has 1 saturated carbocycles. The molecule has 110 valence electrons. The molecule has 2 aromatic rings. The SMILES string of the molecule is CCOc1cncc(-c2ccc(CNC3CC3)cc2Cl)c1. The molecule has 0 unspecified atom stereocenters. The molecule has 0 amide bonds. The number of nitrogens with zero attached hydrogens (tertiary/aromatic N) is 1. The maximum atomic E-state index is 6.43. The summed E-state index contributed by atoms with van der Waals surface area (Å²) < 4.78 is 5.49. The molecule has 0 saturated heterocycles. The van der Waals surface area contributed by atoms with Gasteiger partial charge in [-0.05, 0) is 37.5 Å². The number of rotatable bonds is 6. The molecule has 3 rings (SSSR count). The van der Waals surface area contributed by atoms with Crippen LogP contribution in [-0.4, -0.2) is 17.6 Å². The van der Waals surface area contributed by atoms with Crippen molar-refractivity contribution in [1.29, 1.82) is 0 Å². The smallest absolute Gasteiger partial charge is 0.138 e. The average molecular weight is 303 g/mol. The maximum Gasteiger partial charge on any atom is 0.138 e. The van der Waals surface area contributed by atoms with E-state index in [-0.39, 0.29) is 0 Å². The zero-order valence-corrected chi connectivity index (χ0v) is 12.9. The molecule has 1 fully saturated rings. The van der Waals surface area contributed by atoms with Crippen LogP contribution in [0.1, 0.15) is 25.3 Å². The van der Waals surface area contributed by atoms with Gasteiger partial charge in [-0.15, -0.1) is 0 Å². The molecule has 1 aliphatic carbocycles. The number of hydrogen-bond acceptors (Lipinski definition) is 3. The standard InChI is InChI=1S/C17H19ClN2O/c1-2-21-15-8-13(10-19-11-15)16-6-3-12(7-17(16)18)9-20-14-4-5-14/h3,6-8,10-11,14,20H,2,4-5,9H2,1H3. The maximum absolute atomic E-state index is 6.43. The van der Waals surface area contributed by atoms with E-state index in [1.165, 1.54) is 18.4 Å². The van der Waals surface area contributed by atoms with Gasteiger partial charge < -0.3 is 10.1 Å². The molecule has 3 nitrogen and oxygen atoms in total. The number of hydrogen-bond donors (Lipinski definition) is 1. The van der Waals surface area contributed by atoms with Gasteiger partial charge >= 0.3 is 0 Å². The van der Waals surface area contributed by atoms with Gasteiger partial charge in [-0.25, -0.2) is 0 Å². The Labute approximate surface area is 130 Å². The normalized spacial score (nSPS) is 14.2. The van der Waals surface area contributed by atoms with Crippen LogP contribution in [0.15, 0.2) is 36.7 Å². The minimum Gasteiger partial charge on any atom is -0.492 e. The number of halogens is 1. The van der Waals surface area contributed by atoms with E-state index in [4.69, 9.17) is 16.3 Å². The average Bonchev–Trinajstić information content (AvgIpc) is 3.30. The lowest BCUT2D eigenvalue weighted by Crippen LogP contribution is -2.15. The molecule has 0 spiro atoms. The monoisotopic (exact) mass is 302 g/mol. The minimum atomic E-state index is 0.630. The van der Waals surface area contributed by atoms with Gasteiger partial charge in [-0.3, -0.25) is 4.98 Å². The van der Waals surface area contributed by atoms with E-state index < -0.39 is 0 Å². The third-order valence-electron chi connectivity index (χ3n) is 3.54. The third-order valence-corrected chi connectivity index (χ3v) is 3.85. The molecule has 0 aliphatic heterocycles. The number of aromatic nitrogens is 1. The highest BCUT2D eigenvalue weighted by Gasteiger charge is 2.20. The quantitative estimate of drug-likeness (QED) is 0.874. The fraction of sp³-hybridized carbons (Fsp3) is 0.353. The van der Waals surface area contributed by atoms with E-state index in [9.17, 15) is 0 Å².